The summed E-state index contributed by atoms with van der Waals surface area (Å²) in [7, 11) is 0. The number of hydrogen-bond acceptors (Lipinski definition) is 5. The molecule has 228 valence electrons. The minimum absolute atomic E-state index is 0.172. The molecule has 0 atom stereocenters. The minimum Gasteiger partial charge on any atom is -0.478 e. The van der Waals surface area contributed by atoms with Crippen LogP contribution in [0.3, 0.4) is 0 Å². The summed E-state index contributed by atoms with van der Waals surface area (Å²) < 4.78 is 6.23. The van der Waals surface area contributed by atoms with Crippen molar-refractivity contribution in [2.45, 2.75) is 96.3 Å². The molecule has 7 heteroatoms. The molecule has 0 bridgehead atoms. The molecule has 2 saturated heterocycles. The van der Waals surface area contributed by atoms with E-state index in [1.807, 2.05) is 6.07 Å². The highest BCUT2D eigenvalue weighted by Crippen LogP contribution is 2.42. The van der Waals surface area contributed by atoms with Crippen LogP contribution in [-0.2, 0) is 19.3 Å². The maximum absolute atomic E-state index is 12.6. The highest BCUT2D eigenvalue weighted by Gasteiger charge is 2.27. The smallest absolute Gasteiger partial charge is 0.336 e. The van der Waals surface area contributed by atoms with Gasteiger partial charge in [-0.05, 0) is 138 Å². The Bertz CT molecular complexity index is 1230. The summed E-state index contributed by atoms with van der Waals surface area (Å²) in [6.07, 6.45) is 16.7. The fourth-order valence-corrected chi connectivity index (χ4v) is 7.09. The van der Waals surface area contributed by atoms with Gasteiger partial charge in [0.15, 0.2) is 0 Å². The van der Waals surface area contributed by atoms with Crippen molar-refractivity contribution in [1.29, 1.82) is 0 Å². The van der Waals surface area contributed by atoms with Crippen LogP contribution in [0.25, 0.3) is 0 Å². The minimum atomic E-state index is -1.00. The lowest BCUT2D eigenvalue weighted by Gasteiger charge is -2.27. The van der Waals surface area contributed by atoms with E-state index in [0.29, 0.717) is 23.5 Å². The van der Waals surface area contributed by atoms with Crippen molar-refractivity contribution in [3.05, 3.63) is 57.6 Å². The maximum atomic E-state index is 12.6. The molecular weight excluding hydrogens is 528 g/mol. The van der Waals surface area contributed by atoms with Crippen molar-refractivity contribution in [2.24, 2.45) is 0 Å². The third kappa shape index (κ3) is 7.93. The van der Waals surface area contributed by atoms with Crippen LogP contribution in [0.1, 0.15) is 120 Å². The van der Waals surface area contributed by atoms with E-state index in [4.69, 9.17) is 4.74 Å². The fraction of sp³-hybridized carbons (Fsp3) is 0.600. The average molecular weight is 577 g/mol. The van der Waals surface area contributed by atoms with Gasteiger partial charge in [0.1, 0.15) is 11.5 Å². The van der Waals surface area contributed by atoms with E-state index in [9.17, 15) is 19.8 Å². The quantitative estimate of drug-likeness (QED) is 0.197. The van der Waals surface area contributed by atoms with E-state index in [-0.39, 0.29) is 5.56 Å². The Morgan fingerprint density at radius 1 is 0.667 bits per heavy atom. The summed E-state index contributed by atoms with van der Waals surface area (Å²) in [6, 6.07) is 6.72. The third-order valence-corrected chi connectivity index (χ3v) is 9.46. The number of rotatable bonds is 14. The first-order valence-electron chi connectivity index (χ1n) is 16.4. The van der Waals surface area contributed by atoms with Crippen molar-refractivity contribution in [3.63, 3.8) is 0 Å². The Balaban J connectivity index is 1.31. The fourth-order valence-electron chi connectivity index (χ4n) is 7.09. The first kappa shape index (κ1) is 30.6. The number of aromatic carboxylic acids is 2. The number of hydrogen-bond donors (Lipinski definition) is 2. The van der Waals surface area contributed by atoms with E-state index < -0.39 is 11.9 Å². The van der Waals surface area contributed by atoms with E-state index in [2.05, 4.69) is 9.80 Å². The molecule has 3 aliphatic heterocycles. The van der Waals surface area contributed by atoms with Gasteiger partial charge in [0, 0.05) is 12.0 Å². The van der Waals surface area contributed by atoms with E-state index in [1.165, 1.54) is 71.1 Å². The van der Waals surface area contributed by atoms with Gasteiger partial charge >= 0.3 is 11.9 Å². The van der Waals surface area contributed by atoms with Crippen LogP contribution in [0, 0.1) is 0 Å². The van der Waals surface area contributed by atoms with Gasteiger partial charge in [0.05, 0.1) is 11.1 Å². The van der Waals surface area contributed by atoms with Gasteiger partial charge in [-0.1, -0.05) is 31.7 Å². The number of carboxylic acid groups (broad SMARTS) is 2. The second kappa shape index (κ2) is 15.0. The van der Waals surface area contributed by atoms with Crippen LogP contribution in [0.4, 0.5) is 0 Å². The van der Waals surface area contributed by atoms with Gasteiger partial charge in [-0.25, -0.2) is 9.59 Å². The summed E-state index contributed by atoms with van der Waals surface area (Å²) in [4.78, 5) is 29.3. The molecule has 0 aliphatic carbocycles. The predicted octanol–water partition coefficient (Wildman–Crippen LogP) is 7.18. The Morgan fingerprint density at radius 3 is 1.83 bits per heavy atom. The number of benzene rings is 2. The molecule has 0 spiro atoms. The SMILES string of the molecule is O=C(O)c1ccc2c(c1)Oc1cc(C(=O)O)c(CCCCCN3CCCCC3)c(CCCCCN3CCCCC3)c1C2. The number of ether oxygens (including phenoxy) is 1. The zero-order chi connectivity index (χ0) is 29.3. The Morgan fingerprint density at radius 2 is 1.26 bits per heavy atom. The zero-order valence-corrected chi connectivity index (χ0v) is 25.2. The number of likely N-dealkylation sites (tertiary alicyclic amines) is 2. The maximum Gasteiger partial charge on any atom is 0.336 e. The van der Waals surface area contributed by atoms with Crippen molar-refractivity contribution in [2.75, 3.05) is 39.3 Å². The van der Waals surface area contributed by atoms with Crippen LogP contribution in [0.5, 0.6) is 11.5 Å². The van der Waals surface area contributed by atoms with Crippen LogP contribution >= 0.6 is 0 Å². The van der Waals surface area contributed by atoms with Crippen LogP contribution < -0.4 is 4.74 Å². The molecule has 5 rings (SSSR count). The topological polar surface area (TPSA) is 90.3 Å². The molecule has 2 aromatic carbocycles. The summed E-state index contributed by atoms with van der Waals surface area (Å²) >= 11 is 0. The molecule has 0 amide bonds. The monoisotopic (exact) mass is 576 g/mol. The first-order chi connectivity index (χ1) is 20.5. The summed E-state index contributed by atoms with van der Waals surface area (Å²) in [5.41, 5.74) is 4.66. The molecule has 3 heterocycles. The lowest BCUT2D eigenvalue weighted by molar-refractivity contribution is 0.0685. The molecule has 42 heavy (non-hydrogen) atoms. The number of carbonyl (C=O) groups is 2. The molecule has 2 aromatic rings. The standard InChI is InChI=1S/C35H48N2O5/c38-34(39)27-16-15-26-23-30-28(13-5-1-7-17-36-19-9-3-10-20-36)29(14-6-2-8-18-37-21-11-4-12-22-37)31(35(40)41)25-33(30)42-32(26)24-27/h15-16,24-25H,1-14,17-23H2,(H,38,39)(H,40,41). The second-order valence-electron chi connectivity index (χ2n) is 12.5. The second-order valence-corrected chi connectivity index (χ2v) is 12.5. The van der Waals surface area contributed by atoms with E-state index >= 15 is 0 Å². The highest BCUT2D eigenvalue weighted by molar-refractivity contribution is 5.91. The average Bonchev–Trinajstić information content (AvgIpc) is 3.00. The van der Waals surface area contributed by atoms with Gasteiger partial charge in [0.2, 0.25) is 0 Å². The number of unbranched alkanes of at least 4 members (excludes halogenated alkanes) is 4. The molecule has 0 aromatic heterocycles. The van der Waals surface area contributed by atoms with Crippen LogP contribution in [0.2, 0.25) is 0 Å². The largest absolute Gasteiger partial charge is 0.478 e. The van der Waals surface area contributed by atoms with Crippen LogP contribution in [0.15, 0.2) is 24.3 Å². The lowest BCUT2D eigenvalue weighted by atomic mass is 9.85. The molecule has 0 unspecified atom stereocenters. The molecule has 0 saturated carbocycles. The predicted molar refractivity (Wildman–Crippen MR) is 165 cm³/mol. The Hall–Kier alpha value is -2.90. The Kier molecular flexibility index (Phi) is 10.9. The van der Waals surface area contributed by atoms with Crippen molar-refractivity contribution in [1.82, 2.24) is 9.80 Å². The number of carboxylic acids is 2. The van der Waals surface area contributed by atoms with Gasteiger partial charge in [-0.2, -0.15) is 0 Å². The van der Waals surface area contributed by atoms with Gasteiger partial charge in [-0.15, -0.1) is 0 Å². The number of piperidine rings is 2. The van der Waals surface area contributed by atoms with Crippen molar-refractivity contribution in [3.8, 4) is 11.5 Å². The first-order valence-corrected chi connectivity index (χ1v) is 16.4. The molecule has 7 nitrogen and oxygen atoms in total. The third-order valence-electron chi connectivity index (χ3n) is 9.46. The highest BCUT2D eigenvalue weighted by atomic mass is 16.5. The Labute approximate surface area is 250 Å². The van der Waals surface area contributed by atoms with Crippen molar-refractivity contribution >= 4 is 11.9 Å². The van der Waals surface area contributed by atoms with Gasteiger partial charge < -0.3 is 24.7 Å². The summed E-state index contributed by atoms with van der Waals surface area (Å²) in [5, 5.41) is 19.7. The molecule has 2 fully saturated rings. The molecule has 2 N–H and O–H groups in total. The molecule has 0 radical (unpaired) electrons. The normalized spacial score (nSPS) is 17.3. The van der Waals surface area contributed by atoms with Crippen molar-refractivity contribution < 1.29 is 24.5 Å². The van der Waals surface area contributed by atoms with E-state index in [1.54, 1.807) is 18.2 Å². The molecular formula is C35H48N2O5. The van der Waals surface area contributed by atoms with Crippen LogP contribution in [-0.4, -0.2) is 71.2 Å². The molecule has 3 aliphatic rings. The summed E-state index contributed by atoms with van der Waals surface area (Å²) in [5.74, 6) is -0.836. The van der Waals surface area contributed by atoms with Gasteiger partial charge in [0.25, 0.3) is 0 Å². The zero-order valence-electron chi connectivity index (χ0n) is 25.2. The van der Waals surface area contributed by atoms with Gasteiger partial charge in [-0.3, -0.25) is 0 Å². The number of nitrogens with zero attached hydrogens (tertiary/aromatic N) is 2. The number of fused-ring (bicyclic) bond motifs is 2. The summed E-state index contributed by atoms with van der Waals surface area (Å²) in [6.45, 7) is 7.16. The van der Waals surface area contributed by atoms with E-state index in [0.717, 1.165) is 80.3 Å². The lowest BCUT2D eigenvalue weighted by Crippen LogP contribution is -2.30.